The summed E-state index contributed by atoms with van der Waals surface area (Å²) in [4.78, 5) is 14.6. The number of thioether (sulfide) groups is 1. The van der Waals surface area contributed by atoms with Gasteiger partial charge in [0.05, 0.1) is 4.92 Å². The van der Waals surface area contributed by atoms with Crippen molar-refractivity contribution in [3.63, 3.8) is 0 Å². The lowest BCUT2D eigenvalue weighted by Gasteiger charge is -2.00. The van der Waals surface area contributed by atoms with E-state index >= 15 is 0 Å². The molecular weight excluding hydrogens is 278 g/mol. The molecule has 0 unspecified atom stereocenters. The van der Waals surface area contributed by atoms with Gasteiger partial charge in [0.25, 0.3) is 11.7 Å². The number of benzene rings is 1. The minimum atomic E-state index is -0.447. The smallest absolute Gasteiger partial charge is 0.298 e. The zero-order valence-electron chi connectivity index (χ0n) is 11.3. The van der Waals surface area contributed by atoms with E-state index < -0.39 is 4.92 Å². The summed E-state index contributed by atoms with van der Waals surface area (Å²) in [5.41, 5.74) is 0.700. The van der Waals surface area contributed by atoms with Crippen LogP contribution < -0.4 is 5.32 Å². The van der Waals surface area contributed by atoms with Crippen LogP contribution in [0.2, 0.25) is 0 Å². The Labute approximate surface area is 121 Å². The SMILES string of the molecule is CSCCCCCNc1nc2c([N+](=O)[O-])cccc2o1. The predicted molar refractivity (Wildman–Crippen MR) is 81.4 cm³/mol. The molecule has 0 aliphatic carbocycles. The first-order valence-electron chi connectivity index (χ1n) is 6.49. The molecule has 108 valence electrons. The molecule has 20 heavy (non-hydrogen) atoms. The first-order chi connectivity index (χ1) is 9.72. The van der Waals surface area contributed by atoms with Crippen LogP contribution in [0.15, 0.2) is 22.6 Å². The molecule has 2 aromatic rings. The first kappa shape index (κ1) is 14.6. The van der Waals surface area contributed by atoms with Crippen LogP contribution in [0.4, 0.5) is 11.7 Å². The van der Waals surface area contributed by atoms with Crippen molar-refractivity contribution in [1.29, 1.82) is 0 Å². The largest absolute Gasteiger partial charge is 0.423 e. The monoisotopic (exact) mass is 295 g/mol. The highest BCUT2D eigenvalue weighted by Crippen LogP contribution is 2.27. The second kappa shape index (κ2) is 7.14. The minimum absolute atomic E-state index is 0.0285. The number of anilines is 1. The maximum atomic E-state index is 10.9. The van der Waals surface area contributed by atoms with Crippen molar-refractivity contribution >= 4 is 34.6 Å². The van der Waals surface area contributed by atoms with Crippen molar-refractivity contribution in [2.45, 2.75) is 19.3 Å². The number of hydrogen-bond donors (Lipinski definition) is 1. The first-order valence-corrected chi connectivity index (χ1v) is 7.88. The Hall–Kier alpha value is -1.76. The lowest BCUT2D eigenvalue weighted by molar-refractivity contribution is -0.383. The molecule has 7 heteroatoms. The lowest BCUT2D eigenvalue weighted by atomic mass is 10.2. The molecule has 0 saturated carbocycles. The van der Waals surface area contributed by atoms with E-state index in [1.165, 1.54) is 18.2 Å². The van der Waals surface area contributed by atoms with Gasteiger partial charge in [0.1, 0.15) is 0 Å². The number of hydrogen-bond acceptors (Lipinski definition) is 6. The quantitative estimate of drug-likeness (QED) is 0.454. The average Bonchev–Trinajstić information content (AvgIpc) is 2.84. The van der Waals surface area contributed by atoms with E-state index in [0.29, 0.717) is 17.1 Å². The van der Waals surface area contributed by atoms with Crippen LogP contribution in [-0.2, 0) is 0 Å². The van der Waals surface area contributed by atoms with Crippen molar-refractivity contribution in [3.05, 3.63) is 28.3 Å². The topological polar surface area (TPSA) is 81.2 Å². The van der Waals surface area contributed by atoms with Gasteiger partial charge in [-0.15, -0.1) is 0 Å². The summed E-state index contributed by atoms with van der Waals surface area (Å²) in [6.07, 6.45) is 5.47. The summed E-state index contributed by atoms with van der Waals surface area (Å²) < 4.78 is 5.46. The lowest BCUT2D eigenvalue weighted by Crippen LogP contribution is -2.01. The van der Waals surface area contributed by atoms with Crippen LogP contribution in [0.5, 0.6) is 0 Å². The fourth-order valence-electron chi connectivity index (χ4n) is 1.90. The summed E-state index contributed by atoms with van der Waals surface area (Å²) >= 11 is 1.85. The Morgan fingerprint density at radius 2 is 2.25 bits per heavy atom. The highest BCUT2D eigenvalue weighted by Gasteiger charge is 2.16. The van der Waals surface area contributed by atoms with E-state index in [9.17, 15) is 10.1 Å². The van der Waals surface area contributed by atoms with Gasteiger partial charge < -0.3 is 9.73 Å². The molecule has 1 aromatic heterocycles. The second-order valence-electron chi connectivity index (χ2n) is 4.38. The predicted octanol–water partition coefficient (Wildman–Crippen LogP) is 3.68. The number of nitro benzene ring substituents is 1. The van der Waals surface area contributed by atoms with Gasteiger partial charge in [0.15, 0.2) is 11.1 Å². The van der Waals surface area contributed by atoms with Crippen molar-refractivity contribution in [3.8, 4) is 0 Å². The Kier molecular flexibility index (Phi) is 5.23. The number of aromatic nitrogens is 1. The normalized spacial score (nSPS) is 10.8. The van der Waals surface area contributed by atoms with Gasteiger partial charge in [0.2, 0.25) is 0 Å². The molecule has 0 saturated heterocycles. The molecule has 0 radical (unpaired) electrons. The molecule has 0 fully saturated rings. The highest BCUT2D eigenvalue weighted by molar-refractivity contribution is 7.98. The number of rotatable bonds is 8. The van der Waals surface area contributed by atoms with E-state index in [1.54, 1.807) is 12.1 Å². The summed E-state index contributed by atoms with van der Waals surface area (Å²) in [7, 11) is 0. The fraction of sp³-hybridized carbons (Fsp3) is 0.462. The Balaban J connectivity index is 1.95. The number of nitrogens with zero attached hydrogens (tertiary/aromatic N) is 2. The van der Waals surface area contributed by atoms with E-state index in [-0.39, 0.29) is 5.69 Å². The number of unbranched alkanes of at least 4 members (excludes halogenated alkanes) is 2. The number of oxazole rings is 1. The summed E-state index contributed by atoms with van der Waals surface area (Å²) in [6.45, 7) is 0.759. The van der Waals surface area contributed by atoms with Crippen molar-refractivity contribution in [2.75, 3.05) is 23.9 Å². The van der Waals surface area contributed by atoms with Crippen LogP contribution in [0.1, 0.15) is 19.3 Å². The second-order valence-corrected chi connectivity index (χ2v) is 5.37. The number of non-ortho nitro benzene ring substituents is 1. The van der Waals surface area contributed by atoms with Crippen molar-refractivity contribution in [1.82, 2.24) is 4.98 Å². The summed E-state index contributed by atoms with van der Waals surface area (Å²) in [5, 5.41) is 14.0. The Morgan fingerprint density at radius 1 is 1.40 bits per heavy atom. The molecule has 0 aliphatic rings. The van der Waals surface area contributed by atoms with Gasteiger partial charge >= 0.3 is 0 Å². The summed E-state index contributed by atoms with van der Waals surface area (Å²) in [5.74, 6) is 1.18. The van der Waals surface area contributed by atoms with Crippen molar-refractivity contribution in [2.24, 2.45) is 0 Å². The fourth-order valence-corrected chi connectivity index (χ4v) is 2.39. The van der Waals surface area contributed by atoms with Crippen molar-refractivity contribution < 1.29 is 9.34 Å². The molecule has 2 rings (SSSR count). The van der Waals surface area contributed by atoms with Crippen LogP contribution in [0.25, 0.3) is 11.1 Å². The Bertz CT molecular complexity index is 585. The zero-order chi connectivity index (χ0) is 14.4. The number of nitro groups is 1. The highest BCUT2D eigenvalue weighted by atomic mass is 32.2. The Morgan fingerprint density at radius 3 is 3.00 bits per heavy atom. The van der Waals surface area contributed by atoms with Crippen LogP contribution in [0.3, 0.4) is 0 Å². The van der Waals surface area contributed by atoms with Crippen LogP contribution in [-0.4, -0.2) is 28.5 Å². The van der Waals surface area contributed by atoms with E-state index in [2.05, 4.69) is 16.6 Å². The van der Waals surface area contributed by atoms with Gasteiger partial charge in [-0.3, -0.25) is 10.1 Å². The van der Waals surface area contributed by atoms with E-state index in [0.717, 1.165) is 19.4 Å². The average molecular weight is 295 g/mol. The zero-order valence-corrected chi connectivity index (χ0v) is 12.1. The van der Waals surface area contributed by atoms with Gasteiger partial charge in [-0.05, 0) is 30.9 Å². The van der Waals surface area contributed by atoms with Crippen LogP contribution >= 0.6 is 11.8 Å². The molecule has 0 bridgehead atoms. The molecular formula is C13H17N3O3S. The third-order valence-electron chi connectivity index (χ3n) is 2.90. The maximum absolute atomic E-state index is 10.9. The number of para-hydroxylation sites is 1. The third-order valence-corrected chi connectivity index (χ3v) is 3.59. The van der Waals surface area contributed by atoms with Crippen LogP contribution in [0, 0.1) is 10.1 Å². The van der Waals surface area contributed by atoms with Gasteiger partial charge in [-0.25, -0.2) is 0 Å². The standard InChI is InChI=1S/C13H17N3O3S/c1-20-9-4-2-3-8-14-13-15-12-10(16(17)18)6-5-7-11(12)19-13/h5-7H,2-4,8-9H2,1H3,(H,14,15). The number of fused-ring (bicyclic) bond motifs is 1. The molecule has 0 amide bonds. The van der Waals surface area contributed by atoms with Gasteiger partial charge in [0, 0.05) is 12.6 Å². The third kappa shape index (κ3) is 3.63. The van der Waals surface area contributed by atoms with E-state index in [1.807, 2.05) is 11.8 Å². The van der Waals surface area contributed by atoms with Gasteiger partial charge in [-0.1, -0.05) is 12.5 Å². The maximum Gasteiger partial charge on any atom is 0.298 e. The molecule has 1 N–H and O–H groups in total. The van der Waals surface area contributed by atoms with E-state index in [4.69, 9.17) is 4.42 Å². The molecule has 0 aliphatic heterocycles. The molecule has 1 heterocycles. The molecule has 0 spiro atoms. The van der Waals surface area contributed by atoms with Gasteiger partial charge in [-0.2, -0.15) is 16.7 Å². The molecule has 0 atom stereocenters. The number of nitrogens with one attached hydrogen (secondary N) is 1. The minimum Gasteiger partial charge on any atom is -0.423 e. The summed E-state index contributed by atoms with van der Waals surface area (Å²) in [6, 6.07) is 5.05. The molecule has 1 aromatic carbocycles. The molecule has 6 nitrogen and oxygen atoms in total.